The van der Waals surface area contributed by atoms with Crippen molar-refractivity contribution in [2.45, 2.75) is 0 Å². The highest BCUT2D eigenvalue weighted by Crippen LogP contribution is 2.10. The number of para-hydroxylation sites is 1. The first-order chi connectivity index (χ1) is 9.16. The summed E-state index contributed by atoms with van der Waals surface area (Å²) in [7, 11) is 0. The molecule has 2 aromatic carbocycles. The van der Waals surface area contributed by atoms with Gasteiger partial charge in [0.1, 0.15) is 5.75 Å². The molecule has 0 atom stereocenters. The SMILES string of the molecule is O=C(O)c1ccc(C(=O)COc2ccccc2)cc1. The molecule has 0 radical (unpaired) electrons. The smallest absolute Gasteiger partial charge is 0.335 e. The molecule has 0 saturated carbocycles. The number of benzene rings is 2. The van der Waals surface area contributed by atoms with E-state index >= 15 is 0 Å². The highest BCUT2D eigenvalue weighted by molar-refractivity contribution is 5.98. The molecule has 0 aliphatic rings. The molecule has 0 aromatic heterocycles. The number of carbonyl (C=O) groups is 2. The highest BCUT2D eigenvalue weighted by Gasteiger charge is 2.08. The number of hydrogen-bond donors (Lipinski definition) is 1. The van der Waals surface area contributed by atoms with E-state index in [0.717, 1.165) is 0 Å². The van der Waals surface area contributed by atoms with Crippen molar-refractivity contribution in [1.82, 2.24) is 0 Å². The predicted molar refractivity (Wildman–Crippen MR) is 69.7 cm³/mol. The van der Waals surface area contributed by atoms with Crippen molar-refractivity contribution in [1.29, 1.82) is 0 Å². The van der Waals surface area contributed by atoms with Gasteiger partial charge in [0.15, 0.2) is 12.4 Å². The molecule has 1 N–H and O–H groups in total. The van der Waals surface area contributed by atoms with Crippen molar-refractivity contribution >= 4 is 11.8 Å². The molecule has 96 valence electrons. The van der Waals surface area contributed by atoms with Crippen LogP contribution in [0.25, 0.3) is 0 Å². The first kappa shape index (κ1) is 12.8. The number of Topliss-reactive ketones (excluding diaryl/α,β-unsaturated/α-hetero) is 1. The maximum Gasteiger partial charge on any atom is 0.335 e. The molecule has 4 heteroatoms. The second-order valence-corrected chi connectivity index (χ2v) is 3.91. The summed E-state index contributed by atoms with van der Waals surface area (Å²) in [6.07, 6.45) is 0. The quantitative estimate of drug-likeness (QED) is 0.835. The van der Waals surface area contributed by atoms with E-state index in [0.29, 0.717) is 11.3 Å². The minimum absolute atomic E-state index is 0.0730. The van der Waals surface area contributed by atoms with E-state index in [2.05, 4.69) is 0 Å². The molecule has 0 aliphatic heterocycles. The molecule has 0 fully saturated rings. The summed E-state index contributed by atoms with van der Waals surface area (Å²) in [5.41, 5.74) is 0.585. The molecular weight excluding hydrogens is 244 g/mol. The lowest BCUT2D eigenvalue weighted by Crippen LogP contribution is -2.11. The van der Waals surface area contributed by atoms with Gasteiger partial charge in [-0.25, -0.2) is 4.79 Å². The van der Waals surface area contributed by atoms with Crippen LogP contribution >= 0.6 is 0 Å². The summed E-state index contributed by atoms with van der Waals surface area (Å²) >= 11 is 0. The van der Waals surface area contributed by atoms with Crippen LogP contribution in [0.2, 0.25) is 0 Å². The Morgan fingerprint density at radius 2 is 1.47 bits per heavy atom. The maximum absolute atomic E-state index is 11.8. The molecule has 19 heavy (non-hydrogen) atoms. The second kappa shape index (κ2) is 5.82. The Bertz CT molecular complexity index is 573. The van der Waals surface area contributed by atoms with Crippen molar-refractivity contribution in [3.8, 4) is 5.75 Å². The van der Waals surface area contributed by atoms with Crippen LogP contribution in [-0.2, 0) is 0 Å². The monoisotopic (exact) mass is 256 g/mol. The van der Waals surface area contributed by atoms with E-state index in [4.69, 9.17) is 9.84 Å². The van der Waals surface area contributed by atoms with Gasteiger partial charge in [-0.1, -0.05) is 30.3 Å². The molecule has 0 bridgehead atoms. The minimum atomic E-state index is -1.01. The topological polar surface area (TPSA) is 63.6 Å². The molecule has 2 aromatic rings. The number of carboxylic acids is 1. The normalized spacial score (nSPS) is 9.89. The van der Waals surface area contributed by atoms with Gasteiger partial charge in [-0.2, -0.15) is 0 Å². The Hall–Kier alpha value is -2.62. The van der Waals surface area contributed by atoms with Crippen LogP contribution in [-0.4, -0.2) is 23.5 Å². The van der Waals surface area contributed by atoms with Gasteiger partial charge in [-0.3, -0.25) is 4.79 Å². The standard InChI is InChI=1S/C15H12O4/c16-14(10-19-13-4-2-1-3-5-13)11-6-8-12(9-7-11)15(17)18/h1-9H,10H2,(H,17,18). The number of hydrogen-bond acceptors (Lipinski definition) is 3. The zero-order valence-electron chi connectivity index (χ0n) is 10.1. The summed E-state index contributed by atoms with van der Waals surface area (Å²) in [5, 5.41) is 8.76. The molecule has 0 heterocycles. The van der Waals surface area contributed by atoms with E-state index in [1.54, 1.807) is 12.1 Å². The fourth-order valence-electron chi connectivity index (χ4n) is 1.55. The molecule has 2 rings (SSSR count). The van der Waals surface area contributed by atoms with Gasteiger partial charge in [0, 0.05) is 5.56 Å². The van der Waals surface area contributed by atoms with Crippen LogP contribution in [0.5, 0.6) is 5.75 Å². The minimum Gasteiger partial charge on any atom is -0.485 e. The first-order valence-corrected chi connectivity index (χ1v) is 5.71. The van der Waals surface area contributed by atoms with Gasteiger partial charge in [-0.15, -0.1) is 0 Å². The summed E-state index contributed by atoms with van der Waals surface area (Å²) in [6, 6.07) is 14.8. The number of rotatable bonds is 5. The van der Waals surface area contributed by atoms with Gasteiger partial charge >= 0.3 is 5.97 Å². The number of carboxylic acid groups (broad SMARTS) is 1. The molecule has 0 aliphatic carbocycles. The van der Waals surface area contributed by atoms with E-state index in [9.17, 15) is 9.59 Å². The molecule has 0 spiro atoms. The summed E-state index contributed by atoms with van der Waals surface area (Å²) < 4.78 is 5.33. The van der Waals surface area contributed by atoms with Crippen LogP contribution in [0, 0.1) is 0 Å². The van der Waals surface area contributed by atoms with Crippen LogP contribution in [0.15, 0.2) is 54.6 Å². The molecule has 0 saturated heterocycles. The largest absolute Gasteiger partial charge is 0.485 e. The highest BCUT2D eigenvalue weighted by atomic mass is 16.5. The van der Waals surface area contributed by atoms with E-state index in [1.165, 1.54) is 24.3 Å². The van der Waals surface area contributed by atoms with Crippen molar-refractivity contribution in [2.75, 3.05) is 6.61 Å². The third-order valence-electron chi connectivity index (χ3n) is 2.57. The summed E-state index contributed by atoms with van der Waals surface area (Å²) in [6.45, 7) is -0.0730. The third-order valence-corrected chi connectivity index (χ3v) is 2.57. The zero-order valence-corrected chi connectivity index (χ0v) is 10.1. The molecule has 0 amide bonds. The summed E-state index contributed by atoms with van der Waals surface area (Å²) in [4.78, 5) is 22.5. The number of ether oxygens (including phenoxy) is 1. The van der Waals surface area contributed by atoms with Crippen LogP contribution in [0.3, 0.4) is 0 Å². The van der Waals surface area contributed by atoms with Crippen molar-refractivity contribution in [3.05, 3.63) is 65.7 Å². The predicted octanol–water partition coefficient (Wildman–Crippen LogP) is 2.65. The summed E-state index contributed by atoms with van der Waals surface area (Å²) in [5.74, 6) is -0.585. The van der Waals surface area contributed by atoms with Crippen LogP contribution in [0.1, 0.15) is 20.7 Å². The number of aromatic carboxylic acids is 1. The average molecular weight is 256 g/mol. The maximum atomic E-state index is 11.8. The van der Waals surface area contributed by atoms with Crippen molar-refractivity contribution in [2.24, 2.45) is 0 Å². The van der Waals surface area contributed by atoms with Crippen molar-refractivity contribution in [3.63, 3.8) is 0 Å². The van der Waals surface area contributed by atoms with Gasteiger partial charge in [0.2, 0.25) is 0 Å². The van der Waals surface area contributed by atoms with E-state index < -0.39 is 5.97 Å². The Labute approximate surface area is 110 Å². The third kappa shape index (κ3) is 3.42. The lowest BCUT2D eigenvalue weighted by atomic mass is 10.1. The molecular formula is C15H12O4. The van der Waals surface area contributed by atoms with Crippen LogP contribution < -0.4 is 4.74 Å². The fourth-order valence-corrected chi connectivity index (χ4v) is 1.55. The lowest BCUT2D eigenvalue weighted by molar-refractivity contribution is 0.0696. The van der Waals surface area contributed by atoms with Gasteiger partial charge < -0.3 is 9.84 Å². The van der Waals surface area contributed by atoms with Gasteiger partial charge in [0.05, 0.1) is 5.56 Å². The Morgan fingerprint density at radius 3 is 2.05 bits per heavy atom. The Morgan fingerprint density at radius 1 is 0.895 bits per heavy atom. The van der Waals surface area contributed by atoms with Gasteiger partial charge in [-0.05, 0) is 24.3 Å². The van der Waals surface area contributed by atoms with Gasteiger partial charge in [0.25, 0.3) is 0 Å². The first-order valence-electron chi connectivity index (χ1n) is 5.71. The average Bonchev–Trinajstić information content (AvgIpc) is 2.46. The molecule has 0 unspecified atom stereocenters. The van der Waals surface area contributed by atoms with E-state index in [-0.39, 0.29) is 18.0 Å². The fraction of sp³-hybridized carbons (Fsp3) is 0.0667. The number of ketones is 1. The lowest BCUT2D eigenvalue weighted by Gasteiger charge is -2.05. The zero-order chi connectivity index (χ0) is 13.7. The number of carbonyl (C=O) groups excluding carboxylic acids is 1. The van der Waals surface area contributed by atoms with Crippen molar-refractivity contribution < 1.29 is 19.4 Å². The Balaban J connectivity index is 1.98. The van der Waals surface area contributed by atoms with E-state index in [1.807, 2.05) is 18.2 Å². The molecule has 4 nitrogen and oxygen atoms in total. The second-order valence-electron chi connectivity index (χ2n) is 3.91. The Kier molecular flexibility index (Phi) is 3.93. The van der Waals surface area contributed by atoms with Crippen LogP contribution in [0.4, 0.5) is 0 Å².